The molecule has 0 unspecified atom stereocenters. The van der Waals surface area contributed by atoms with Crippen LogP contribution in [0.5, 0.6) is 5.88 Å². The maximum atomic E-state index is 5.91. The van der Waals surface area contributed by atoms with Crippen LogP contribution < -0.4 is 15.8 Å². The lowest BCUT2D eigenvalue weighted by Crippen LogP contribution is -2.34. The van der Waals surface area contributed by atoms with Gasteiger partial charge in [0.2, 0.25) is 5.88 Å². The van der Waals surface area contributed by atoms with E-state index < -0.39 is 0 Å². The maximum Gasteiger partial charge on any atom is 0.234 e. The summed E-state index contributed by atoms with van der Waals surface area (Å²) in [5.41, 5.74) is 6.15. The van der Waals surface area contributed by atoms with Gasteiger partial charge in [-0.2, -0.15) is 4.98 Å². The molecule has 2 rings (SSSR count). The van der Waals surface area contributed by atoms with Gasteiger partial charge in [-0.1, -0.05) is 12.8 Å². The van der Waals surface area contributed by atoms with E-state index in [0.29, 0.717) is 12.5 Å². The fourth-order valence-electron chi connectivity index (χ4n) is 2.51. The molecule has 0 aromatic carbocycles. The molecule has 0 bridgehead atoms. The monoisotopic (exact) mass is 250 g/mol. The number of nitrogens with zero attached hydrogens (tertiary/aromatic N) is 2. The van der Waals surface area contributed by atoms with Crippen molar-refractivity contribution in [1.82, 2.24) is 9.97 Å². The van der Waals surface area contributed by atoms with E-state index in [2.05, 4.69) is 15.3 Å². The number of ether oxygens (including phenoxy) is 1. The molecule has 1 aromatic rings. The summed E-state index contributed by atoms with van der Waals surface area (Å²) in [6.45, 7) is 4.14. The summed E-state index contributed by atoms with van der Waals surface area (Å²) in [6.07, 6.45) is 8.32. The average Bonchev–Trinajstić information content (AvgIpc) is 2.87. The van der Waals surface area contributed by atoms with Gasteiger partial charge in [0.1, 0.15) is 5.82 Å². The molecular weight excluding hydrogens is 228 g/mol. The van der Waals surface area contributed by atoms with Gasteiger partial charge >= 0.3 is 0 Å². The Morgan fingerprint density at radius 1 is 1.39 bits per heavy atom. The summed E-state index contributed by atoms with van der Waals surface area (Å²) < 4.78 is 5.33. The molecule has 1 heterocycles. The molecule has 100 valence electrons. The van der Waals surface area contributed by atoms with Gasteiger partial charge in [-0.05, 0) is 31.7 Å². The van der Waals surface area contributed by atoms with Crippen molar-refractivity contribution in [2.45, 2.75) is 32.6 Å². The van der Waals surface area contributed by atoms with Gasteiger partial charge < -0.3 is 15.8 Å². The van der Waals surface area contributed by atoms with Crippen molar-refractivity contribution in [3.05, 3.63) is 12.4 Å². The van der Waals surface area contributed by atoms with Gasteiger partial charge in [0.25, 0.3) is 0 Å². The van der Waals surface area contributed by atoms with E-state index in [1.807, 2.05) is 6.92 Å². The van der Waals surface area contributed by atoms with Crippen LogP contribution in [0.2, 0.25) is 0 Å². The number of nitrogens with two attached hydrogens (primary N) is 1. The molecule has 5 heteroatoms. The number of rotatable bonds is 6. The summed E-state index contributed by atoms with van der Waals surface area (Å²) in [7, 11) is 0. The van der Waals surface area contributed by atoms with Gasteiger partial charge in [-0.15, -0.1) is 0 Å². The zero-order valence-electron chi connectivity index (χ0n) is 11.0. The van der Waals surface area contributed by atoms with E-state index >= 15 is 0 Å². The average molecular weight is 250 g/mol. The largest absolute Gasteiger partial charge is 0.477 e. The van der Waals surface area contributed by atoms with Crippen LogP contribution >= 0.6 is 0 Å². The first-order chi connectivity index (χ1) is 8.78. The third-order valence-corrected chi connectivity index (χ3v) is 3.65. The van der Waals surface area contributed by atoms with Gasteiger partial charge in [0, 0.05) is 6.54 Å². The van der Waals surface area contributed by atoms with Gasteiger partial charge in [0.05, 0.1) is 19.0 Å². The standard InChI is InChI=1S/C13H22N4O/c1-2-18-12-8-15-7-11(17-12)16-10-13(9-14)5-3-4-6-13/h7-8H,2-6,9-10,14H2,1H3,(H,16,17). The third kappa shape index (κ3) is 3.10. The van der Waals surface area contributed by atoms with Crippen molar-refractivity contribution < 1.29 is 4.74 Å². The molecule has 0 aliphatic heterocycles. The quantitative estimate of drug-likeness (QED) is 0.805. The summed E-state index contributed by atoms with van der Waals surface area (Å²) in [4.78, 5) is 8.47. The minimum Gasteiger partial charge on any atom is -0.477 e. The van der Waals surface area contributed by atoms with E-state index in [9.17, 15) is 0 Å². The highest BCUT2D eigenvalue weighted by Crippen LogP contribution is 2.37. The lowest BCUT2D eigenvalue weighted by atomic mass is 9.86. The highest BCUT2D eigenvalue weighted by Gasteiger charge is 2.32. The second kappa shape index (κ2) is 6.00. The van der Waals surface area contributed by atoms with E-state index in [1.165, 1.54) is 25.7 Å². The first-order valence-corrected chi connectivity index (χ1v) is 6.67. The van der Waals surface area contributed by atoms with E-state index in [0.717, 1.165) is 18.9 Å². The van der Waals surface area contributed by atoms with Crippen LogP contribution in [0.3, 0.4) is 0 Å². The molecular formula is C13H22N4O. The van der Waals surface area contributed by atoms with Crippen molar-refractivity contribution in [3.8, 4) is 5.88 Å². The number of nitrogens with one attached hydrogen (secondary N) is 1. The van der Waals surface area contributed by atoms with Crippen molar-refractivity contribution in [2.75, 3.05) is 25.0 Å². The van der Waals surface area contributed by atoms with Crippen molar-refractivity contribution >= 4 is 5.82 Å². The molecule has 0 amide bonds. The highest BCUT2D eigenvalue weighted by atomic mass is 16.5. The minimum atomic E-state index is 0.239. The molecule has 3 N–H and O–H groups in total. The molecule has 0 saturated heterocycles. The molecule has 1 aromatic heterocycles. The molecule has 0 radical (unpaired) electrons. The van der Waals surface area contributed by atoms with Crippen molar-refractivity contribution in [2.24, 2.45) is 11.1 Å². The molecule has 1 fully saturated rings. The zero-order valence-corrected chi connectivity index (χ0v) is 11.0. The summed E-state index contributed by atoms with van der Waals surface area (Å²) in [5, 5.41) is 3.34. The summed E-state index contributed by atoms with van der Waals surface area (Å²) in [6, 6.07) is 0. The topological polar surface area (TPSA) is 73.1 Å². The Balaban J connectivity index is 1.94. The fourth-order valence-corrected chi connectivity index (χ4v) is 2.51. The molecule has 0 spiro atoms. The van der Waals surface area contributed by atoms with Crippen LogP contribution in [0.15, 0.2) is 12.4 Å². The predicted molar refractivity (Wildman–Crippen MR) is 71.6 cm³/mol. The Labute approximate surface area is 108 Å². The first-order valence-electron chi connectivity index (χ1n) is 6.67. The highest BCUT2D eigenvalue weighted by molar-refractivity contribution is 5.33. The predicted octanol–water partition coefficient (Wildman–Crippen LogP) is 1.81. The Morgan fingerprint density at radius 3 is 2.83 bits per heavy atom. The van der Waals surface area contributed by atoms with Crippen LogP contribution in [0.4, 0.5) is 5.82 Å². The van der Waals surface area contributed by atoms with Crippen LogP contribution in [0, 0.1) is 5.41 Å². The fraction of sp³-hybridized carbons (Fsp3) is 0.692. The van der Waals surface area contributed by atoms with Crippen LogP contribution in [-0.4, -0.2) is 29.7 Å². The second-order valence-electron chi connectivity index (χ2n) is 4.94. The normalized spacial score (nSPS) is 17.7. The number of hydrogen-bond acceptors (Lipinski definition) is 5. The lowest BCUT2D eigenvalue weighted by molar-refractivity contribution is 0.323. The Hall–Kier alpha value is -1.36. The molecule has 1 aliphatic rings. The lowest BCUT2D eigenvalue weighted by Gasteiger charge is -2.27. The van der Waals surface area contributed by atoms with Gasteiger partial charge in [0.15, 0.2) is 0 Å². The van der Waals surface area contributed by atoms with Gasteiger partial charge in [-0.3, -0.25) is 4.98 Å². The number of anilines is 1. The second-order valence-corrected chi connectivity index (χ2v) is 4.94. The molecule has 1 saturated carbocycles. The molecule has 1 aliphatic carbocycles. The van der Waals surface area contributed by atoms with Crippen molar-refractivity contribution in [1.29, 1.82) is 0 Å². The summed E-state index contributed by atoms with van der Waals surface area (Å²) >= 11 is 0. The number of aromatic nitrogens is 2. The molecule has 5 nitrogen and oxygen atoms in total. The van der Waals surface area contributed by atoms with Crippen LogP contribution in [0.25, 0.3) is 0 Å². The minimum absolute atomic E-state index is 0.239. The van der Waals surface area contributed by atoms with Crippen LogP contribution in [0.1, 0.15) is 32.6 Å². The smallest absolute Gasteiger partial charge is 0.234 e. The zero-order chi connectivity index (χ0) is 12.8. The first kappa shape index (κ1) is 13.1. The molecule has 18 heavy (non-hydrogen) atoms. The molecule has 0 atom stereocenters. The van der Waals surface area contributed by atoms with E-state index in [1.54, 1.807) is 12.4 Å². The SMILES string of the molecule is CCOc1cncc(NCC2(CN)CCCC2)n1. The Bertz CT molecular complexity index is 377. The van der Waals surface area contributed by atoms with Crippen LogP contribution in [-0.2, 0) is 0 Å². The maximum absolute atomic E-state index is 5.91. The van der Waals surface area contributed by atoms with Gasteiger partial charge in [-0.25, -0.2) is 0 Å². The Kier molecular flexibility index (Phi) is 4.36. The van der Waals surface area contributed by atoms with E-state index in [-0.39, 0.29) is 5.41 Å². The van der Waals surface area contributed by atoms with Crippen molar-refractivity contribution in [3.63, 3.8) is 0 Å². The Morgan fingerprint density at radius 2 is 2.17 bits per heavy atom. The summed E-state index contributed by atoms with van der Waals surface area (Å²) in [5.74, 6) is 1.33. The third-order valence-electron chi connectivity index (χ3n) is 3.65. The van der Waals surface area contributed by atoms with E-state index in [4.69, 9.17) is 10.5 Å². The number of hydrogen-bond donors (Lipinski definition) is 2.